The molecule has 1 aromatic carbocycles. The van der Waals surface area contributed by atoms with Crippen molar-refractivity contribution < 1.29 is 18.7 Å². The van der Waals surface area contributed by atoms with E-state index in [0.717, 1.165) is 43.7 Å². The molecular weight excluding hydrogens is 390 g/mol. The van der Waals surface area contributed by atoms with Crippen LogP contribution in [-0.4, -0.2) is 36.7 Å². The number of ether oxygens (including phenoxy) is 2. The van der Waals surface area contributed by atoms with Crippen LogP contribution in [0.3, 0.4) is 0 Å². The van der Waals surface area contributed by atoms with Crippen molar-refractivity contribution in [2.45, 2.75) is 65.5 Å². The summed E-state index contributed by atoms with van der Waals surface area (Å²) in [6.07, 6.45) is 4.93. The third-order valence-electron chi connectivity index (χ3n) is 6.77. The van der Waals surface area contributed by atoms with Crippen LogP contribution in [0.2, 0.25) is 0 Å². The summed E-state index contributed by atoms with van der Waals surface area (Å²) in [7, 11) is 1.66. The summed E-state index contributed by atoms with van der Waals surface area (Å²) in [5.74, 6) is 2.14. The van der Waals surface area contributed by atoms with Crippen LogP contribution in [0, 0.1) is 11.3 Å². The van der Waals surface area contributed by atoms with Gasteiger partial charge in [0.1, 0.15) is 11.5 Å². The minimum atomic E-state index is -0.124. The van der Waals surface area contributed by atoms with Gasteiger partial charge < -0.3 is 18.8 Å². The van der Waals surface area contributed by atoms with Crippen molar-refractivity contribution in [2.75, 3.05) is 20.3 Å². The lowest BCUT2D eigenvalue weighted by Gasteiger charge is -2.48. The largest absolute Gasteiger partial charge is 0.497 e. The maximum atomic E-state index is 13.2. The molecule has 5 nitrogen and oxygen atoms in total. The number of furan rings is 1. The van der Waals surface area contributed by atoms with Crippen molar-refractivity contribution in [1.82, 2.24) is 4.90 Å². The van der Waals surface area contributed by atoms with Crippen LogP contribution >= 0.6 is 0 Å². The Bertz CT molecular complexity index is 826. The van der Waals surface area contributed by atoms with Crippen molar-refractivity contribution in [3.05, 3.63) is 54.0 Å². The predicted molar refractivity (Wildman–Crippen MR) is 122 cm³/mol. The average Bonchev–Trinajstić information content (AvgIpc) is 3.23. The lowest BCUT2D eigenvalue weighted by Crippen LogP contribution is -2.46. The Morgan fingerprint density at radius 2 is 1.94 bits per heavy atom. The summed E-state index contributed by atoms with van der Waals surface area (Å²) in [4.78, 5) is 15.2. The lowest BCUT2D eigenvalue weighted by atomic mass is 9.65. The molecular formula is C26H37NO4. The third-order valence-corrected chi connectivity index (χ3v) is 6.77. The van der Waals surface area contributed by atoms with Crippen molar-refractivity contribution in [2.24, 2.45) is 11.3 Å². The number of carbonyl (C=O) groups is 1. The summed E-state index contributed by atoms with van der Waals surface area (Å²) < 4.78 is 16.7. The second-order valence-corrected chi connectivity index (χ2v) is 9.72. The molecule has 0 radical (unpaired) electrons. The first-order valence-electron chi connectivity index (χ1n) is 11.3. The number of hydrogen-bond acceptors (Lipinski definition) is 4. The molecule has 1 aromatic heterocycles. The lowest BCUT2D eigenvalue weighted by molar-refractivity contribution is -0.135. The summed E-state index contributed by atoms with van der Waals surface area (Å²) in [6, 6.07) is 11.6. The molecule has 170 valence electrons. The van der Waals surface area contributed by atoms with Gasteiger partial charge in [-0.25, -0.2) is 0 Å². The Morgan fingerprint density at radius 1 is 1.19 bits per heavy atom. The highest BCUT2D eigenvalue weighted by atomic mass is 16.5. The average molecular weight is 428 g/mol. The van der Waals surface area contributed by atoms with Gasteiger partial charge in [-0.1, -0.05) is 26.0 Å². The Kier molecular flexibility index (Phi) is 7.47. The maximum absolute atomic E-state index is 13.2. The Balaban J connectivity index is 1.76. The molecule has 1 fully saturated rings. The number of amides is 1. The monoisotopic (exact) mass is 427 g/mol. The molecule has 0 bridgehead atoms. The summed E-state index contributed by atoms with van der Waals surface area (Å²) >= 11 is 0. The molecule has 0 saturated carbocycles. The van der Waals surface area contributed by atoms with E-state index in [1.807, 2.05) is 41.3 Å². The SMILES string of the molecule is COc1ccc(CN(CCC2(C(C)C)CCOC(C)(C)C2)C(=O)Cc2ccco2)cc1. The van der Waals surface area contributed by atoms with Crippen LogP contribution in [0.1, 0.15) is 58.3 Å². The van der Waals surface area contributed by atoms with Gasteiger partial charge in [0, 0.05) is 19.7 Å². The molecule has 0 spiro atoms. The molecule has 1 unspecified atom stereocenters. The van der Waals surface area contributed by atoms with Crippen LogP contribution < -0.4 is 4.74 Å². The molecule has 1 aliphatic rings. The minimum absolute atomic E-state index is 0.0935. The highest BCUT2D eigenvalue weighted by Gasteiger charge is 2.43. The van der Waals surface area contributed by atoms with Gasteiger partial charge in [0.25, 0.3) is 0 Å². The van der Waals surface area contributed by atoms with E-state index >= 15 is 0 Å². The molecule has 3 rings (SSSR count). The van der Waals surface area contributed by atoms with Gasteiger partial charge in [-0.3, -0.25) is 4.79 Å². The Hall–Kier alpha value is -2.27. The van der Waals surface area contributed by atoms with E-state index in [1.165, 1.54) is 0 Å². The Morgan fingerprint density at radius 3 is 2.52 bits per heavy atom. The highest BCUT2D eigenvalue weighted by molar-refractivity contribution is 5.78. The summed E-state index contributed by atoms with van der Waals surface area (Å²) in [5, 5.41) is 0. The third kappa shape index (κ3) is 6.13. The number of nitrogens with zero attached hydrogens (tertiary/aromatic N) is 1. The molecule has 1 atom stereocenters. The number of rotatable bonds is 9. The molecule has 2 aromatic rings. The molecule has 1 saturated heterocycles. The smallest absolute Gasteiger partial charge is 0.230 e. The van der Waals surface area contributed by atoms with E-state index in [2.05, 4.69) is 27.7 Å². The second-order valence-electron chi connectivity index (χ2n) is 9.72. The van der Waals surface area contributed by atoms with Gasteiger partial charge >= 0.3 is 0 Å². The fourth-order valence-electron chi connectivity index (χ4n) is 4.79. The van der Waals surface area contributed by atoms with Crippen LogP contribution in [0.5, 0.6) is 5.75 Å². The predicted octanol–water partition coefficient (Wildman–Crippen LogP) is 5.48. The normalized spacial score (nSPS) is 20.6. The van der Waals surface area contributed by atoms with Gasteiger partial charge in [0.05, 0.1) is 25.4 Å². The zero-order valence-electron chi connectivity index (χ0n) is 19.6. The number of hydrogen-bond donors (Lipinski definition) is 0. The van der Waals surface area contributed by atoms with E-state index in [0.29, 0.717) is 18.2 Å². The van der Waals surface area contributed by atoms with Gasteiger partial charge in [-0.15, -0.1) is 0 Å². The molecule has 1 amide bonds. The fourth-order valence-corrected chi connectivity index (χ4v) is 4.79. The summed E-state index contributed by atoms with van der Waals surface area (Å²) in [6.45, 7) is 11.1. The number of methoxy groups -OCH3 is 1. The molecule has 0 aliphatic carbocycles. The second kappa shape index (κ2) is 9.90. The van der Waals surface area contributed by atoms with E-state index in [4.69, 9.17) is 13.9 Å². The zero-order valence-corrected chi connectivity index (χ0v) is 19.6. The molecule has 0 N–H and O–H groups in total. The number of carbonyl (C=O) groups excluding carboxylic acids is 1. The van der Waals surface area contributed by atoms with Crippen LogP contribution in [0.25, 0.3) is 0 Å². The topological polar surface area (TPSA) is 51.9 Å². The standard InChI is InChI=1S/C26H37NO4/c1-20(2)26(13-16-31-25(3,4)19-26)12-14-27(24(28)17-23-7-6-15-30-23)18-21-8-10-22(29-5)11-9-21/h6-11,15,20H,12-14,16-19H2,1-5H3. The van der Waals surface area contributed by atoms with Gasteiger partial charge in [0.2, 0.25) is 5.91 Å². The Labute approximate surface area is 186 Å². The quantitative estimate of drug-likeness (QED) is 0.532. The van der Waals surface area contributed by atoms with Crippen molar-refractivity contribution in [3.8, 4) is 5.75 Å². The minimum Gasteiger partial charge on any atom is -0.497 e. The molecule has 1 aliphatic heterocycles. The van der Waals surface area contributed by atoms with Gasteiger partial charge in [0.15, 0.2) is 0 Å². The molecule has 5 heteroatoms. The molecule has 2 heterocycles. The van der Waals surface area contributed by atoms with Crippen LogP contribution in [0.15, 0.2) is 47.1 Å². The van der Waals surface area contributed by atoms with Gasteiger partial charge in [-0.2, -0.15) is 0 Å². The van der Waals surface area contributed by atoms with E-state index in [9.17, 15) is 4.79 Å². The first-order chi connectivity index (χ1) is 14.7. The van der Waals surface area contributed by atoms with Crippen molar-refractivity contribution in [3.63, 3.8) is 0 Å². The molecule has 31 heavy (non-hydrogen) atoms. The van der Waals surface area contributed by atoms with Crippen molar-refractivity contribution >= 4 is 5.91 Å². The van der Waals surface area contributed by atoms with E-state index in [1.54, 1.807) is 13.4 Å². The number of benzene rings is 1. The van der Waals surface area contributed by atoms with Crippen LogP contribution in [-0.2, 0) is 22.5 Å². The van der Waals surface area contributed by atoms with E-state index < -0.39 is 0 Å². The maximum Gasteiger partial charge on any atom is 0.230 e. The first kappa shape index (κ1) is 23.4. The zero-order chi connectivity index (χ0) is 22.5. The van der Waals surface area contributed by atoms with Gasteiger partial charge in [-0.05, 0) is 74.3 Å². The fraction of sp³-hybridized carbons (Fsp3) is 0.577. The summed E-state index contributed by atoms with van der Waals surface area (Å²) in [5.41, 5.74) is 1.14. The highest BCUT2D eigenvalue weighted by Crippen LogP contribution is 2.47. The van der Waals surface area contributed by atoms with Crippen molar-refractivity contribution in [1.29, 1.82) is 0 Å². The van der Waals surface area contributed by atoms with E-state index in [-0.39, 0.29) is 23.3 Å². The van der Waals surface area contributed by atoms with Crippen LogP contribution in [0.4, 0.5) is 0 Å². The first-order valence-corrected chi connectivity index (χ1v) is 11.3.